The molecule has 6 nitrogen and oxygen atoms in total. The third kappa shape index (κ3) is 3.49. The highest BCUT2D eigenvalue weighted by Gasteiger charge is 2.31. The normalized spacial score (nSPS) is 16.3. The fourth-order valence-corrected chi connectivity index (χ4v) is 3.52. The Morgan fingerprint density at radius 1 is 1.04 bits per heavy atom. The standard InChI is InChI=1S/C20H25N3O3/c1-20(10-5-4-6-11-20)22-16-15(17(24)18(16)25)21-14-9-7-8-13(12-14)19(26)23(2)3/h7-9,12,21-22H,4-6,10-11H2,1-3H3. The number of benzene rings is 1. The van der Waals surface area contributed by atoms with Crippen molar-refractivity contribution in [2.75, 3.05) is 24.7 Å². The topological polar surface area (TPSA) is 78.5 Å². The van der Waals surface area contributed by atoms with E-state index < -0.39 is 10.9 Å². The Morgan fingerprint density at radius 3 is 2.35 bits per heavy atom. The number of rotatable bonds is 5. The number of carbonyl (C=O) groups is 1. The van der Waals surface area contributed by atoms with E-state index in [0.717, 1.165) is 25.7 Å². The van der Waals surface area contributed by atoms with Crippen molar-refractivity contribution in [3.63, 3.8) is 0 Å². The number of hydrogen-bond acceptors (Lipinski definition) is 5. The molecule has 0 atom stereocenters. The van der Waals surface area contributed by atoms with Crippen molar-refractivity contribution >= 4 is 23.0 Å². The molecule has 0 heterocycles. The van der Waals surface area contributed by atoms with E-state index in [1.54, 1.807) is 38.4 Å². The highest BCUT2D eigenvalue weighted by atomic mass is 16.2. The Hall–Kier alpha value is -2.63. The fourth-order valence-electron chi connectivity index (χ4n) is 3.52. The smallest absolute Gasteiger partial charge is 0.253 e. The molecule has 1 fully saturated rings. The minimum Gasteiger partial charge on any atom is -0.375 e. The Morgan fingerprint density at radius 2 is 1.69 bits per heavy atom. The first kappa shape index (κ1) is 18.2. The van der Waals surface area contributed by atoms with Crippen molar-refractivity contribution < 1.29 is 4.79 Å². The Bertz CT molecular complexity index is 888. The molecular formula is C20H25N3O3. The van der Waals surface area contributed by atoms with Crippen LogP contribution in [0.1, 0.15) is 49.4 Å². The second-order valence-corrected chi connectivity index (χ2v) is 7.56. The summed E-state index contributed by atoms with van der Waals surface area (Å²) in [6.07, 6.45) is 5.42. The minimum atomic E-state index is -0.517. The molecule has 2 aromatic carbocycles. The van der Waals surface area contributed by atoms with Crippen LogP contribution in [-0.2, 0) is 0 Å². The van der Waals surface area contributed by atoms with E-state index in [4.69, 9.17) is 0 Å². The number of nitrogens with zero attached hydrogens (tertiary/aromatic N) is 1. The molecule has 0 spiro atoms. The van der Waals surface area contributed by atoms with Gasteiger partial charge in [0.15, 0.2) is 0 Å². The van der Waals surface area contributed by atoms with Crippen molar-refractivity contribution in [2.45, 2.75) is 44.6 Å². The van der Waals surface area contributed by atoms with E-state index in [9.17, 15) is 14.4 Å². The Balaban J connectivity index is 1.82. The van der Waals surface area contributed by atoms with Gasteiger partial charge >= 0.3 is 0 Å². The van der Waals surface area contributed by atoms with Gasteiger partial charge in [-0.2, -0.15) is 0 Å². The van der Waals surface area contributed by atoms with Gasteiger partial charge in [-0.3, -0.25) is 14.4 Å². The number of carbonyl (C=O) groups excluding carboxylic acids is 1. The molecule has 26 heavy (non-hydrogen) atoms. The predicted molar refractivity (Wildman–Crippen MR) is 104 cm³/mol. The molecule has 0 radical (unpaired) electrons. The molecule has 1 aliphatic rings. The van der Waals surface area contributed by atoms with E-state index in [1.165, 1.54) is 11.3 Å². The lowest BCUT2D eigenvalue weighted by Crippen LogP contribution is -2.44. The summed E-state index contributed by atoms with van der Waals surface area (Å²) >= 11 is 0. The van der Waals surface area contributed by atoms with Crippen LogP contribution in [0.3, 0.4) is 0 Å². The maximum Gasteiger partial charge on any atom is 0.253 e. The molecule has 3 rings (SSSR count). The predicted octanol–water partition coefficient (Wildman–Crippen LogP) is 2.86. The van der Waals surface area contributed by atoms with Crippen LogP contribution in [0.2, 0.25) is 0 Å². The molecule has 2 aromatic rings. The highest BCUT2D eigenvalue weighted by Crippen LogP contribution is 2.33. The van der Waals surface area contributed by atoms with Crippen LogP contribution < -0.4 is 21.5 Å². The van der Waals surface area contributed by atoms with E-state index in [2.05, 4.69) is 17.6 Å². The van der Waals surface area contributed by atoms with Crippen LogP contribution in [0.15, 0.2) is 33.9 Å². The first-order valence-corrected chi connectivity index (χ1v) is 9.01. The van der Waals surface area contributed by atoms with Crippen LogP contribution in [0.4, 0.5) is 17.1 Å². The fraction of sp³-hybridized carbons (Fsp3) is 0.450. The molecule has 0 aliphatic heterocycles. The molecule has 6 heteroatoms. The third-order valence-electron chi connectivity index (χ3n) is 5.08. The maximum absolute atomic E-state index is 12.1. The van der Waals surface area contributed by atoms with Gasteiger partial charge in [0.05, 0.1) is 0 Å². The first-order valence-electron chi connectivity index (χ1n) is 9.01. The molecule has 2 N–H and O–H groups in total. The average molecular weight is 355 g/mol. The van der Waals surface area contributed by atoms with E-state index in [0.29, 0.717) is 16.9 Å². The summed E-state index contributed by atoms with van der Waals surface area (Å²) < 4.78 is 0. The van der Waals surface area contributed by atoms with Crippen LogP contribution in [0, 0.1) is 0 Å². The average Bonchev–Trinajstić information content (AvgIpc) is 2.64. The molecule has 0 aromatic heterocycles. The molecule has 1 saturated carbocycles. The van der Waals surface area contributed by atoms with Crippen molar-refractivity contribution in [1.82, 2.24) is 4.90 Å². The van der Waals surface area contributed by atoms with E-state index >= 15 is 0 Å². The van der Waals surface area contributed by atoms with Gasteiger partial charge in [-0.25, -0.2) is 0 Å². The lowest BCUT2D eigenvalue weighted by molar-refractivity contribution is 0.0827. The zero-order chi connectivity index (χ0) is 18.9. The maximum atomic E-state index is 12.1. The van der Waals surface area contributed by atoms with Gasteiger partial charge in [0.2, 0.25) is 0 Å². The lowest BCUT2D eigenvalue weighted by atomic mass is 9.83. The molecule has 1 amide bonds. The highest BCUT2D eigenvalue weighted by molar-refractivity contribution is 5.95. The second-order valence-electron chi connectivity index (χ2n) is 7.56. The van der Waals surface area contributed by atoms with Crippen LogP contribution >= 0.6 is 0 Å². The first-order chi connectivity index (χ1) is 12.3. The van der Waals surface area contributed by atoms with Gasteiger partial charge < -0.3 is 15.5 Å². The van der Waals surface area contributed by atoms with Gasteiger partial charge in [-0.05, 0) is 38.0 Å². The van der Waals surface area contributed by atoms with E-state index in [-0.39, 0.29) is 17.1 Å². The number of nitrogens with one attached hydrogen (secondary N) is 2. The summed E-state index contributed by atoms with van der Waals surface area (Å²) in [5, 5.41) is 6.34. The lowest BCUT2D eigenvalue weighted by Gasteiger charge is -2.36. The molecule has 1 aliphatic carbocycles. The van der Waals surface area contributed by atoms with Crippen LogP contribution in [0.5, 0.6) is 0 Å². The third-order valence-corrected chi connectivity index (χ3v) is 5.08. The summed E-state index contributed by atoms with van der Waals surface area (Å²) in [6, 6.07) is 6.93. The van der Waals surface area contributed by atoms with Gasteiger partial charge in [0.25, 0.3) is 16.8 Å². The molecule has 0 saturated heterocycles. The minimum absolute atomic E-state index is 0.119. The second kappa shape index (κ2) is 6.94. The Labute approximate surface area is 152 Å². The summed E-state index contributed by atoms with van der Waals surface area (Å²) in [7, 11) is 3.37. The van der Waals surface area contributed by atoms with Gasteiger partial charge in [0, 0.05) is 30.9 Å². The molecule has 0 unspecified atom stereocenters. The quantitative estimate of drug-likeness (QED) is 0.807. The monoisotopic (exact) mass is 355 g/mol. The van der Waals surface area contributed by atoms with Crippen molar-refractivity contribution in [2.24, 2.45) is 0 Å². The number of anilines is 3. The van der Waals surface area contributed by atoms with E-state index in [1.807, 2.05) is 0 Å². The van der Waals surface area contributed by atoms with Crippen molar-refractivity contribution in [1.29, 1.82) is 0 Å². The van der Waals surface area contributed by atoms with Crippen molar-refractivity contribution in [3.05, 3.63) is 50.3 Å². The summed E-state index contributed by atoms with van der Waals surface area (Å²) in [6.45, 7) is 2.10. The van der Waals surface area contributed by atoms with Crippen LogP contribution in [-0.4, -0.2) is 30.4 Å². The summed E-state index contributed by atoms with van der Waals surface area (Å²) in [5.74, 6) is -0.119. The largest absolute Gasteiger partial charge is 0.375 e. The summed E-state index contributed by atoms with van der Waals surface area (Å²) in [5.41, 5.74) is 0.643. The molecule has 0 bridgehead atoms. The van der Waals surface area contributed by atoms with Crippen LogP contribution in [0.25, 0.3) is 0 Å². The molecular weight excluding hydrogens is 330 g/mol. The van der Waals surface area contributed by atoms with Gasteiger partial charge in [-0.1, -0.05) is 25.3 Å². The number of amides is 1. The zero-order valence-corrected chi connectivity index (χ0v) is 15.5. The van der Waals surface area contributed by atoms with Gasteiger partial charge in [0.1, 0.15) is 11.4 Å². The Kier molecular flexibility index (Phi) is 4.85. The SMILES string of the molecule is CN(C)C(=O)c1cccc(Nc2c(NC3(C)CCCCC3)c(=O)c2=O)c1. The zero-order valence-electron chi connectivity index (χ0n) is 15.5. The number of hydrogen-bond donors (Lipinski definition) is 2. The van der Waals surface area contributed by atoms with Gasteiger partial charge in [-0.15, -0.1) is 0 Å². The van der Waals surface area contributed by atoms with Crippen molar-refractivity contribution in [3.8, 4) is 0 Å². The molecule has 138 valence electrons. The summed E-state index contributed by atoms with van der Waals surface area (Å²) in [4.78, 5) is 37.7.